The first-order valence-corrected chi connectivity index (χ1v) is 19.7. The van der Waals surface area contributed by atoms with Gasteiger partial charge in [-0.3, -0.25) is 0 Å². The fraction of sp³-hybridized carbons (Fsp3) is 0.512. The van der Waals surface area contributed by atoms with Gasteiger partial charge in [0.05, 0.1) is 43.7 Å². The molecule has 6 rings (SSSR count). The molecule has 3 heterocycles. The van der Waals surface area contributed by atoms with E-state index in [1.165, 1.54) is 10.4 Å². The number of rotatable bonds is 11. The van der Waals surface area contributed by atoms with Crippen molar-refractivity contribution in [2.75, 3.05) is 13.7 Å². The number of ether oxygens (including phenoxy) is 5. The quantitative estimate of drug-likeness (QED) is 0.181. The first kappa shape index (κ1) is 36.0. The van der Waals surface area contributed by atoms with Crippen molar-refractivity contribution >= 4 is 18.7 Å². The third-order valence-corrected chi connectivity index (χ3v) is 15.7. The first-order chi connectivity index (χ1) is 23.4. The Kier molecular flexibility index (Phi) is 10.9. The number of aliphatic hydroxyl groups excluding tert-OH is 1. The van der Waals surface area contributed by atoms with Crippen molar-refractivity contribution in [2.24, 2.45) is 5.92 Å². The van der Waals surface area contributed by atoms with Crippen molar-refractivity contribution in [2.45, 2.75) is 115 Å². The topological polar surface area (TPSA) is 75.6 Å². The number of benzene rings is 3. The van der Waals surface area contributed by atoms with Crippen molar-refractivity contribution in [3.05, 3.63) is 102 Å². The fourth-order valence-corrected chi connectivity index (χ4v) is 12.8. The van der Waals surface area contributed by atoms with Crippen LogP contribution in [-0.4, -0.2) is 69.6 Å². The molecule has 7 nitrogen and oxygen atoms in total. The summed E-state index contributed by atoms with van der Waals surface area (Å²) < 4.78 is 39.1. The van der Waals surface area contributed by atoms with Crippen molar-refractivity contribution < 1.29 is 33.2 Å². The van der Waals surface area contributed by atoms with Crippen LogP contribution in [0, 0.1) is 5.92 Å². The maximum atomic E-state index is 10.3. The lowest BCUT2D eigenvalue weighted by Gasteiger charge is -2.55. The van der Waals surface area contributed by atoms with E-state index in [0.717, 1.165) is 23.3 Å². The molecule has 49 heavy (non-hydrogen) atoms. The fourth-order valence-electron chi connectivity index (χ4n) is 8.08. The lowest BCUT2D eigenvalue weighted by molar-refractivity contribution is -0.304. The molecule has 3 aromatic rings. The van der Waals surface area contributed by atoms with E-state index < -0.39 is 20.2 Å². The van der Waals surface area contributed by atoms with E-state index in [-0.39, 0.29) is 41.5 Å². The largest absolute Gasteiger partial charge is 0.497 e. The average Bonchev–Trinajstić information content (AvgIpc) is 3.08. The molecule has 2 unspecified atom stereocenters. The van der Waals surface area contributed by atoms with Crippen molar-refractivity contribution in [1.82, 2.24) is 0 Å². The minimum Gasteiger partial charge on any atom is -0.497 e. The molecule has 1 N–H and O–H groups in total. The van der Waals surface area contributed by atoms with E-state index in [1.54, 1.807) is 13.2 Å². The predicted molar refractivity (Wildman–Crippen MR) is 195 cm³/mol. The number of fused-ring (bicyclic) bond motifs is 2. The van der Waals surface area contributed by atoms with Crippen LogP contribution in [0.3, 0.4) is 0 Å². The molecule has 8 heteroatoms. The molecule has 0 saturated carbocycles. The average molecular weight is 687 g/mol. The highest BCUT2D eigenvalue weighted by Crippen LogP contribution is 2.45. The van der Waals surface area contributed by atoms with Gasteiger partial charge in [0.25, 0.3) is 8.32 Å². The second-order valence-electron chi connectivity index (χ2n) is 15.4. The highest BCUT2D eigenvalue weighted by Gasteiger charge is 2.55. The van der Waals surface area contributed by atoms with Crippen LogP contribution in [0.2, 0.25) is 5.04 Å². The zero-order chi connectivity index (χ0) is 34.8. The Morgan fingerprint density at radius 2 is 1.57 bits per heavy atom. The van der Waals surface area contributed by atoms with Crippen LogP contribution in [0.1, 0.15) is 66.4 Å². The molecule has 2 fully saturated rings. The van der Waals surface area contributed by atoms with Gasteiger partial charge < -0.3 is 33.2 Å². The normalized spacial score (nSPS) is 29.3. The van der Waals surface area contributed by atoms with E-state index in [1.807, 2.05) is 31.2 Å². The second kappa shape index (κ2) is 14.8. The van der Waals surface area contributed by atoms with Gasteiger partial charge in [0.2, 0.25) is 0 Å². The number of hydrogen-bond acceptors (Lipinski definition) is 7. The second-order valence-corrected chi connectivity index (χ2v) is 19.7. The van der Waals surface area contributed by atoms with Crippen LogP contribution in [0.25, 0.3) is 0 Å². The molecule has 3 aliphatic heterocycles. The van der Waals surface area contributed by atoms with E-state index in [9.17, 15) is 5.11 Å². The standard InChI is InChI=1S/C41H54O7Si/c1-28(26-45-49(40(3,4)5,32-14-10-8-11-15-32)33-16-12-9-13-17-33)22-34-36(44-27-30-18-20-31(43-7)21-19-30)25-41(6)37(46-34)24-35-39(48-41)29(2)23-38(42)47-35/h8-21,23,28,34-39,42H,22,24-27H2,1-7H3/t28?,34-,35-,36+,37+,38?,39+,41-/m0/s1. The minimum atomic E-state index is -2.68. The maximum Gasteiger partial charge on any atom is 0.261 e. The molecule has 0 aliphatic carbocycles. The third kappa shape index (κ3) is 7.61. The molecule has 3 aromatic carbocycles. The molecule has 0 amide bonds. The van der Waals surface area contributed by atoms with Crippen molar-refractivity contribution in [1.29, 1.82) is 0 Å². The summed E-state index contributed by atoms with van der Waals surface area (Å²) >= 11 is 0. The molecule has 0 bridgehead atoms. The predicted octanol–water partition coefficient (Wildman–Crippen LogP) is 6.55. The maximum absolute atomic E-state index is 10.3. The summed E-state index contributed by atoms with van der Waals surface area (Å²) in [6.45, 7) is 14.4. The lowest BCUT2D eigenvalue weighted by Crippen LogP contribution is -2.67. The molecule has 3 aliphatic rings. The highest BCUT2D eigenvalue weighted by molar-refractivity contribution is 6.99. The Labute approximate surface area is 293 Å². The van der Waals surface area contributed by atoms with Gasteiger partial charge in [0, 0.05) is 19.4 Å². The van der Waals surface area contributed by atoms with Gasteiger partial charge in [-0.25, -0.2) is 0 Å². The van der Waals surface area contributed by atoms with Crippen LogP contribution in [0.5, 0.6) is 5.75 Å². The SMILES string of the molecule is COc1ccc(CO[C@@H]2C[C@]3(C)O[C@@H]4C(C)=CC(O)O[C@H]4C[C@H]3O[C@H]2CC(C)CO[Si](c2ccccc2)(c2ccccc2)C(C)(C)C)cc1. The summed E-state index contributed by atoms with van der Waals surface area (Å²) in [7, 11) is -1.01. The van der Waals surface area contributed by atoms with Crippen LogP contribution in [-0.2, 0) is 30.0 Å². The summed E-state index contributed by atoms with van der Waals surface area (Å²) in [6, 6.07) is 29.6. The summed E-state index contributed by atoms with van der Waals surface area (Å²) in [4.78, 5) is 0. The Bertz CT molecular complexity index is 1500. The third-order valence-electron chi connectivity index (χ3n) is 10.6. The van der Waals surface area contributed by atoms with E-state index in [4.69, 9.17) is 28.1 Å². The first-order valence-electron chi connectivity index (χ1n) is 17.8. The molecule has 2 saturated heterocycles. The Morgan fingerprint density at radius 1 is 0.939 bits per heavy atom. The highest BCUT2D eigenvalue weighted by atomic mass is 28.4. The van der Waals surface area contributed by atoms with E-state index >= 15 is 0 Å². The van der Waals surface area contributed by atoms with Crippen molar-refractivity contribution in [3.8, 4) is 5.75 Å². The molecule has 8 atom stereocenters. The van der Waals surface area contributed by atoms with Crippen LogP contribution in [0.4, 0.5) is 0 Å². The summed E-state index contributed by atoms with van der Waals surface area (Å²) in [5.41, 5.74) is 1.51. The monoisotopic (exact) mass is 686 g/mol. The van der Waals surface area contributed by atoms with Gasteiger partial charge in [-0.2, -0.15) is 0 Å². The van der Waals surface area contributed by atoms with Gasteiger partial charge in [-0.1, -0.05) is 100 Å². The van der Waals surface area contributed by atoms with Crippen LogP contribution < -0.4 is 15.1 Å². The van der Waals surface area contributed by atoms with E-state index in [2.05, 4.69) is 95.3 Å². The molecule has 0 spiro atoms. The van der Waals surface area contributed by atoms with Gasteiger partial charge in [-0.05, 0) is 70.9 Å². The van der Waals surface area contributed by atoms with Gasteiger partial charge >= 0.3 is 0 Å². The Hall–Kier alpha value is -2.82. The number of hydrogen-bond donors (Lipinski definition) is 1. The van der Waals surface area contributed by atoms with Gasteiger partial charge in [-0.15, -0.1) is 0 Å². The Morgan fingerprint density at radius 3 is 2.16 bits per heavy atom. The molecular formula is C41H54O7Si. The van der Waals surface area contributed by atoms with Crippen molar-refractivity contribution in [3.63, 3.8) is 0 Å². The summed E-state index contributed by atoms with van der Waals surface area (Å²) in [6.07, 6.45) is 1.91. The summed E-state index contributed by atoms with van der Waals surface area (Å²) in [5, 5.41) is 12.8. The van der Waals surface area contributed by atoms with E-state index in [0.29, 0.717) is 26.1 Å². The van der Waals surface area contributed by atoms with Crippen LogP contribution in [0.15, 0.2) is 96.6 Å². The number of methoxy groups -OCH3 is 1. The lowest BCUT2D eigenvalue weighted by atomic mass is 9.78. The van der Waals surface area contributed by atoms with Crippen LogP contribution >= 0.6 is 0 Å². The number of aliphatic hydroxyl groups is 1. The van der Waals surface area contributed by atoms with Gasteiger partial charge in [0.15, 0.2) is 6.29 Å². The molecule has 264 valence electrons. The molecular weight excluding hydrogens is 633 g/mol. The zero-order valence-electron chi connectivity index (χ0n) is 30.1. The minimum absolute atomic E-state index is 0.101. The molecule has 0 radical (unpaired) electrons. The van der Waals surface area contributed by atoms with Gasteiger partial charge in [0.1, 0.15) is 11.9 Å². The zero-order valence-corrected chi connectivity index (χ0v) is 31.1. The summed E-state index contributed by atoms with van der Waals surface area (Å²) in [5.74, 6) is 1.01. The smallest absolute Gasteiger partial charge is 0.261 e. The molecule has 0 aromatic heterocycles. The Balaban J connectivity index is 1.23.